The van der Waals surface area contributed by atoms with Crippen LogP contribution in [-0.2, 0) is 9.53 Å². The normalized spacial score (nSPS) is 25.5. The van der Waals surface area contributed by atoms with Gasteiger partial charge in [0.25, 0.3) is 5.91 Å². The highest BCUT2D eigenvalue weighted by molar-refractivity contribution is 7.99. The van der Waals surface area contributed by atoms with Crippen LogP contribution in [0, 0.1) is 5.92 Å². The Morgan fingerprint density at radius 1 is 1.38 bits per heavy atom. The molecule has 21 heavy (non-hydrogen) atoms. The Balaban J connectivity index is 1.59. The highest BCUT2D eigenvalue weighted by Gasteiger charge is 2.25. The van der Waals surface area contributed by atoms with E-state index in [1.165, 1.54) is 17.7 Å². The van der Waals surface area contributed by atoms with Crippen molar-refractivity contribution in [2.24, 2.45) is 5.92 Å². The number of amides is 1. The van der Waals surface area contributed by atoms with Crippen molar-refractivity contribution in [1.82, 2.24) is 0 Å². The maximum Gasteiger partial charge on any atom is 0.253 e. The van der Waals surface area contributed by atoms with Gasteiger partial charge in [0.15, 0.2) is 0 Å². The van der Waals surface area contributed by atoms with Crippen LogP contribution in [0.25, 0.3) is 0 Å². The van der Waals surface area contributed by atoms with E-state index in [1.807, 2.05) is 34.9 Å². The second kappa shape index (κ2) is 6.84. The number of carbonyl (C=O) groups excluding carboxylic acids is 1. The summed E-state index contributed by atoms with van der Waals surface area (Å²) in [4.78, 5) is 15.6. The lowest BCUT2D eigenvalue weighted by molar-refractivity contribution is -0.126. The molecule has 1 aromatic rings. The molecule has 2 atom stereocenters. The zero-order valence-electron chi connectivity index (χ0n) is 12.6. The van der Waals surface area contributed by atoms with Crippen molar-refractivity contribution in [2.45, 2.75) is 43.6 Å². The topological polar surface area (TPSA) is 29.5 Å². The SMILES string of the molecule is CC1CCCC(OCC(=O)N2CCSc3ccccc32)C1. The lowest BCUT2D eigenvalue weighted by Crippen LogP contribution is -2.39. The lowest BCUT2D eigenvalue weighted by atomic mass is 9.89. The molecule has 3 nitrogen and oxygen atoms in total. The number of hydrogen-bond acceptors (Lipinski definition) is 3. The second-order valence-corrected chi connectivity index (χ2v) is 7.20. The first-order valence-corrected chi connectivity index (χ1v) is 8.86. The van der Waals surface area contributed by atoms with Crippen LogP contribution in [-0.4, -0.2) is 30.9 Å². The van der Waals surface area contributed by atoms with Gasteiger partial charge in [-0.15, -0.1) is 11.8 Å². The van der Waals surface area contributed by atoms with Crippen LogP contribution in [0.3, 0.4) is 0 Å². The highest BCUT2D eigenvalue weighted by atomic mass is 32.2. The van der Waals surface area contributed by atoms with Crippen LogP contribution >= 0.6 is 11.8 Å². The Kier molecular flexibility index (Phi) is 4.86. The third-order valence-electron chi connectivity index (χ3n) is 4.36. The van der Waals surface area contributed by atoms with Gasteiger partial charge in [0.1, 0.15) is 6.61 Å². The molecule has 2 unspecified atom stereocenters. The van der Waals surface area contributed by atoms with Crippen molar-refractivity contribution in [2.75, 3.05) is 23.8 Å². The number of benzene rings is 1. The quantitative estimate of drug-likeness (QED) is 0.852. The highest BCUT2D eigenvalue weighted by Crippen LogP contribution is 2.34. The van der Waals surface area contributed by atoms with Crippen LogP contribution in [0.4, 0.5) is 5.69 Å². The van der Waals surface area contributed by atoms with Crippen molar-refractivity contribution in [3.8, 4) is 0 Å². The Morgan fingerprint density at radius 2 is 2.24 bits per heavy atom. The average Bonchev–Trinajstić information content (AvgIpc) is 2.52. The van der Waals surface area contributed by atoms with Gasteiger partial charge in [-0.25, -0.2) is 0 Å². The summed E-state index contributed by atoms with van der Waals surface area (Å²) >= 11 is 1.82. The summed E-state index contributed by atoms with van der Waals surface area (Å²) < 4.78 is 5.89. The molecule has 1 saturated carbocycles. The summed E-state index contributed by atoms with van der Waals surface area (Å²) in [5, 5.41) is 0. The van der Waals surface area contributed by atoms with E-state index in [2.05, 4.69) is 13.0 Å². The fourth-order valence-corrected chi connectivity index (χ4v) is 4.22. The summed E-state index contributed by atoms with van der Waals surface area (Å²) in [6, 6.07) is 8.14. The molecule has 1 heterocycles. The van der Waals surface area contributed by atoms with E-state index in [-0.39, 0.29) is 18.6 Å². The van der Waals surface area contributed by atoms with Crippen LogP contribution in [0.2, 0.25) is 0 Å². The van der Waals surface area contributed by atoms with Crippen LogP contribution in [0.5, 0.6) is 0 Å². The molecule has 1 aromatic carbocycles. The van der Waals surface area contributed by atoms with Gasteiger partial charge in [0, 0.05) is 17.2 Å². The molecule has 0 aromatic heterocycles. The van der Waals surface area contributed by atoms with Gasteiger partial charge in [-0.1, -0.05) is 31.9 Å². The average molecular weight is 305 g/mol. The fraction of sp³-hybridized carbons (Fsp3) is 0.588. The zero-order valence-corrected chi connectivity index (χ0v) is 13.4. The molecule has 2 aliphatic rings. The van der Waals surface area contributed by atoms with Gasteiger partial charge < -0.3 is 9.64 Å². The van der Waals surface area contributed by atoms with E-state index >= 15 is 0 Å². The molecule has 4 heteroatoms. The molecule has 0 N–H and O–H groups in total. The smallest absolute Gasteiger partial charge is 0.253 e. The van der Waals surface area contributed by atoms with E-state index < -0.39 is 0 Å². The number of fused-ring (bicyclic) bond motifs is 1. The third kappa shape index (κ3) is 3.61. The predicted molar refractivity (Wildman–Crippen MR) is 86.9 cm³/mol. The first kappa shape index (κ1) is 14.9. The number of para-hydroxylation sites is 1. The largest absolute Gasteiger partial charge is 0.368 e. The Morgan fingerprint density at radius 3 is 3.10 bits per heavy atom. The summed E-state index contributed by atoms with van der Waals surface area (Å²) in [5.74, 6) is 1.79. The third-order valence-corrected chi connectivity index (χ3v) is 5.40. The van der Waals surface area contributed by atoms with Gasteiger partial charge in [-0.2, -0.15) is 0 Å². The first-order valence-electron chi connectivity index (χ1n) is 7.88. The number of carbonyl (C=O) groups is 1. The number of hydrogen-bond donors (Lipinski definition) is 0. The molecule has 0 radical (unpaired) electrons. The number of thioether (sulfide) groups is 1. The Hall–Kier alpha value is -1.00. The van der Waals surface area contributed by atoms with Crippen molar-refractivity contribution in [3.63, 3.8) is 0 Å². The van der Waals surface area contributed by atoms with Crippen molar-refractivity contribution >= 4 is 23.4 Å². The standard InChI is InChI=1S/C17H23NO2S/c1-13-5-4-6-14(11-13)20-12-17(19)18-9-10-21-16-8-3-2-7-15(16)18/h2-3,7-8,13-14H,4-6,9-12H2,1H3. The monoisotopic (exact) mass is 305 g/mol. The molecule has 1 aliphatic carbocycles. The number of nitrogens with zero attached hydrogens (tertiary/aromatic N) is 1. The van der Waals surface area contributed by atoms with Crippen molar-refractivity contribution in [3.05, 3.63) is 24.3 Å². The molecule has 0 saturated heterocycles. The van der Waals surface area contributed by atoms with E-state index in [1.54, 1.807) is 0 Å². The molecule has 3 rings (SSSR count). The van der Waals surface area contributed by atoms with Crippen LogP contribution in [0.1, 0.15) is 32.6 Å². The number of ether oxygens (including phenoxy) is 1. The molecule has 0 spiro atoms. The maximum absolute atomic E-state index is 12.5. The predicted octanol–water partition coefficient (Wildman–Crippen LogP) is 3.72. The van der Waals surface area contributed by atoms with Crippen LogP contribution < -0.4 is 4.90 Å². The molecule has 0 bridgehead atoms. The molecular formula is C17H23NO2S. The number of rotatable bonds is 3. The van der Waals surface area contributed by atoms with Crippen LogP contribution in [0.15, 0.2) is 29.2 Å². The van der Waals surface area contributed by atoms with Gasteiger partial charge in [-0.3, -0.25) is 4.79 Å². The number of anilines is 1. The fourth-order valence-electron chi connectivity index (χ4n) is 3.23. The van der Waals surface area contributed by atoms with Gasteiger partial charge in [0.05, 0.1) is 11.8 Å². The van der Waals surface area contributed by atoms with Crippen molar-refractivity contribution < 1.29 is 9.53 Å². The van der Waals surface area contributed by atoms with Crippen molar-refractivity contribution in [1.29, 1.82) is 0 Å². The summed E-state index contributed by atoms with van der Waals surface area (Å²) in [6.07, 6.45) is 4.99. The van der Waals surface area contributed by atoms with Gasteiger partial charge in [-0.05, 0) is 30.9 Å². The Labute approximate surface area is 131 Å². The van der Waals surface area contributed by atoms with Gasteiger partial charge in [0.2, 0.25) is 0 Å². The van der Waals surface area contributed by atoms with Gasteiger partial charge >= 0.3 is 0 Å². The molecular weight excluding hydrogens is 282 g/mol. The lowest BCUT2D eigenvalue weighted by Gasteiger charge is -2.31. The van der Waals surface area contributed by atoms with E-state index in [4.69, 9.17) is 4.74 Å². The minimum absolute atomic E-state index is 0.0981. The summed E-state index contributed by atoms with van der Waals surface area (Å²) in [7, 11) is 0. The molecule has 1 amide bonds. The first-order chi connectivity index (χ1) is 10.2. The zero-order chi connectivity index (χ0) is 14.7. The maximum atomic E-state index is 12.5. The molecule has 114 valence electrons. The van der Waals surface area contributed by atoms with E-state index in [9.17, 15) is 4.79 Å². The molecule has 1 fully saturated rings. The molecule has 1 aliphatic heterocycles. The summed E-state index contributed by atoms with van der Waals surface area (Å²) in [6.45, 7) is 3.27. The van der Waals surface area contributed by atoms with E-state index in [0.717, 1.165) is 36.7 Å². The van der Waals surface area contributed by atoms with E-state index in [0.29, 0.717) is 0 Å². The second-order valence-electron chi connectivity index (χ2n) is 6.07. The Bertz CT molecular complexity index is 505. The summed E-state index contributed by atoms with van der Waals surface area (Å²) in [5.41, 5.74) is 1.04. The minimum atomic E-state index is 0.0981. The minimum Gasteiger partial charge on any atom is -0.368 e.